The average molecular weight is 372 g/mol. The van der Waals surface area contributed by atoms with E-state index in [1.54, 1.807) is 18.3 Å². The van der Waals surface area contributed by atoms with Crippen LogP contribution in [0.4, 0.5) is 0 Å². The molecular weight excluding hydrogens is 346 g/mol. The average Bonchev–Trinajstić information content (AvgIpc) is 2.66. The van der Waals surface area contributed by atoms with Gasteiger partial charge in [-0.05, 0) is 53.7 Å². The summed E-state index contributed by atoms with van der Waals surface area (Å²) in [6.07, 6.45) is 6.56. The largest absolute Gasteiger partial charge is 0.504 e. The summed E-state index contributed by atoms with van der Waals surface area (Å²) in [7, 11) is 0. The summed E-state index contributed by atoms with van der Waals surface area (Å²) in [5.41, 5.74) is 3.48. The van der Waals surface area contributed by atoms with E-state index in [9.17, 15) is 5.11 Å². The molecule has 0 aliphatic carbocycles. The van der Waals surface area contributed by atoms with E-state index < -0.39 is 0 Å². The number of benzene rings is 2. The number of phenols is 1. The highest BCUT2D eigenvalue weighted by atomic mass is 32.1. The number of nitrogens with one attached hydrogen (secondary N) is 2. The summed E-state index contributed by atoms with van der Waals surface area (Å²) in [5, 5.41) is 17.0. The lowest BCUT2D eigenvalue weighted by Crippen LogP contribution is -2.03. The van der Waals surface area contributed by atoms with Gasteiger partial charge >= 0.3 is 0 Å². The molecule has 0 aromatic heterocycles. The van der Waals surface area contributed by atoms with Gasteiger partial charge in [-0.25, -0.2) is 10.1 Å². The van der Waals surface area contributed by atoms with Gasteiger partial charge in [0, 0.05) is 6.54 Å². The number of ether oxygens (including phenoxy) is 1. The van der Waals surface area contributed by atoms with Crippen molar-refractivity contribution in [3.63, 3.8) is 0 Å². The molecule has 138 valence electrons. The highest BCUT2D eigenvalue weighted by Gasteiger charge is 2.04. The Morgan fingerprint density at radius 1 is 1.15 bits per heavy atom. The zero-order valence-corrected chi connectivity index (χ0v) is 15.8. The van der Waals surface area contributed by atoms with Crippen molar-refractivity contribution in [1.29, 1.82) is 0 Å². The number of phenolic OH excluding ortho intramolecular Hbond substituents is 1. The Morgan fingerprint density at radius 3 is 2.77 bits per heavy atom. The van der Waals surface area contributed by atoms with Crippen molar-refractivity contribution in [1.82, 2.24) is 10.1 Å². The van der Waals surface area contributed by atoms with Gasteiger partial charge in [-0.2, -0.15) is 5.10 Å². The number of hydrogen-bond acceptors (Lipinski definition) is 5. The normalized spacial score (nSPS) is 10.5. The second-order valence-corrected chi connectivity index (χ2v) is 6.37. The lowest BCUT2D eigenvalue weighted by molar-refractivity contribution is 0.411. The lowest BCUT2D eigenvalue weighted by atomic mass is 10.2. The summed E-state index contributed by atoms with van der Waals surface area (Å²) in [5.74, 6) is 1.14. The van der Waals surface area contributed by atoms with Crippen LogP contribution in [0.1, 0.15) is 38.2 Å². The number of hydrazone groups is 1. The lowest BCUT2D eigenvalue weighted by Gasteiger charge is -2.07. The van der Waals surface area contributed by atoms with Crippen LogP contribution in [-0.4, -0.2) is 17.9 Å². The Bertz CT molecular complexity index is 755. The van der Waals surface area contributed by atoms with E-state index in [1.165, 1.54) is 37.0 Å². The van der Waals surface area contributed by atoms with Crippen LogP contribution in [0.25, 0.3) is 0 Å². The van der Waals surface area contributed by atoms with Gasteiger partial charge < -0.3 is 9.84 Å². The maximum atomic E-state index is 10.1. The third kappa shape index (κ3) is 7.57. The van der Waals surface area contributed by atoms with Crippen LogP contribution in [0.15, 0.2) is 53.6 Å². The Balaban J connectivity index is 1.76. The van der Waals surface area contributed by atoms with Crippen LogP contribution in [0.5, 0.6) is 17.2 Å². The van der Waals surface area contributed by atoms with Gasteiger partial charge in [-0.1, -0.05) is 44.4 Å². The molecule has 0 bridgehead atoms. The van der Waals surface area contributed by atoms with Gasteiger partial charge in [0.2, 0.25) is 0 Å². The minimum atomic E-state index is 0.0638. The number of hydrogen-bond donors (Lipinski definition) is 3. The molecule has 0 aliphatic rings. The van der Waals surface area contributed by atoms with Crippen molar-refractivity contribution in [2.75, 3.05) is 6.54 Å². The van der Waals surface area contributed by atoms with Crippen LogP contribution in [-0.2, 0) is 0 Å². The molecule has 0 saturated carbocycles. The van der Waals surface area contributed by atoms with Gasteiger partial charge in [0.15, 0.2) is 11.5 Å². The summed E-state index contributed by atoms with van der Waals surface area (Å²) in [6.45, 7) is 3.16. The highest BCUT2D eigenvalue weighted by Crippen LogP contribution is 2.30. The summed E-state index contributed by atoms with van der Waals surface area (Å²) in [4.78, 5) is 0. The monoisotopic (exact) mass is 371 g/mol. The quantitative estimate of drug-likeness (QED) is 0.194. The molecule has 26 heavy (non-hydrogen) atoms. The van der Waals surface area contributed by atoms with Crippen molar-refractivity contribution in [3.8, 4) is 22.6 Å². The second-order valence-electron chi connectivity index (χ2n) is 5.67. The van der Waals surface area contributed by atoms with Crippen molar-refractivity contribution < 1.29 is 9.84 Å². The number of unbranched alkanes of at least 4 members (excludes halogenated alkanes) is 3. The molecule has 0 aliphatic heterocycles. The van der Waals surface area contributed by atoms with Crippen LogP contribution in [0.3, 0.4) is 0 Å². The van der Waals surface area contributed by atoms with Crippen LogP contribution < -0.4 is 14.9 Å². The smallest absolute Gasteiger partial charge is 0.169 e. The Morgan fingerprint density at radius 2 is 2.00 bits per heavy atom. The molecule has 2 aromatic rings. The topological polar surface area (TPSA) is 65.9 Å². The summed E-state index contributed by atoms with van der Waals surface area (Å²) >= 11 is 1.36. The highest BCUT2D eigenvalue weighted by molar-refractivity contribution is 7.86. The fourth-order valence-corrected chi connectivity index (χ4v) is 2.60. The van der Waals surface area contributed by atoms with Crippen LogP contribution in [0, 0.1) is 5.31 Å². The SMILES string of the molecule is CCCCCCNS#CN/N=C/c1ccc(Oc2ccccc2)c(O)c1. The zero-order chi connectivity index (χ0) is 18.5. The molecule has 0 radical (unpaired) electrons. The number of para-hydroxylation sites is 1. The van der Waals surface area contributed by atoms with Gasteiger partial charge in [0.1, 0.15) is 5.75 Å². The molecular formula is C20H25N3O2S. The van der Waals surface area contributed by atoms with Crippen molar-refractivity contribution in [2.45, 2.75) is 32.6 Å². The molecule has 3 N–H and O–H groups in total. The molecule has 6 heteroatoms. The predicted octanol–water partition coefficient (Wildman–Crippen LogP) is 4.84. The minimum absolute atomic E-state index is 0.0638. The second kappa shape index (κ2) is 11.9. The van der Waals surface area contributed by atoms with Gasteiger partial charge in [-0.15, -0.1) is 0 Å². The zero-order valence-electron chi connectivity index (χ0n) is 14.9. The Labute approximate surface area is 158 Å². The molecule has 0 atom stereocenters. The maximum Gasteiger partial charge on any atom is 0.169 e. The van der Waals surface area contributed by atoms with Gasteiger partial charge in [0.25, 0.3) is 0 Å². The van der Waals surface area contributed by atoms with E-state index in [1.807, 2.05) is 36.4 Å². The third-order valence-electron chi connectivity index (χ3n) is 3.53. The fourth-order valence-electron chi connectivity index (χ4n) is 2.18. The van der Waals surface area contributed by atoms with E-state index in [0.29, 0.717) is 11.5 Å². The molecule has 0 amide bonds. The maximum absolute atomic E-state index is 10.1. The van der Waals surface area contributed by atoms with Crippen LogP contribution >= 0.6 is 11.4 Å². The number of rotatable bonds is 9. The molecule has 2 rings (SSSR count). The molecule has 0 saturated heterocycles. The Hall–Kier alpha value is -2.53. The number of nitrogens with zero attached hydrogens (tertiary/aromatic N) is 1. The van der Waals surface area contributed by atoms with Gasteiger partial charge in [-0.3, -0.25) is 0 Å². The molecule has 2 aromatic carbocycles. The summed E-state index contributed by atoms with van der Waals surface area (Å²) in [6, 6.07) is 14.5. The number of aromatic hydroxyl groups is 1. The first-order valence-corrected chi connectivity index (χ1v) is 9.59. The first-order valence-electron chi connectivity index (χ1n) is 8.77. The van der Waals surface area contributed by atoms with Crippen molar-refractivity contribution in [2.24, 2.45) is 5.10 Å². The van der Waals surface area contributed by atoms with E-state index >= 15 is 0 Å². The van der Waals surface area contributed by atoms with E-state index in [0.717, 1.165) is 12.1 Å². The molecule has 0 fully saturated rings. The molecule has 5 nitrogen and oxygen atoms in total. The molecule has 0 unspecified atom stereocenters. The van der Waals surface area contributed by atoms with Crippen molar-refractivity contribution >= 4 is 17.6 Å². The summed E-state index contributed by atoms with van der Waals surface area (Å²) < 4.78 is 8.83. The fraction of sp³-hybridized carbons (Fsp3) is 0.300. The molecule has 0 heterocycles. The first kappa shape index (κ1) is 19.8. The van der Waals surface area contributed by atoms with E-state index in [4.69, 9.17) is 4.74 Å². The minimum Gasteiger partial charge on any atom is -0.504 e. The Kier molecular flexibility index (Phi) is 9.08. The third-order valence-corrected chi connectivity index (χ3v) is 4.08. The van der Waals surface area contributed by atoms with E-state index in [-0.39, 0.29) is 5.75 Å². The van der Waals surface area contributed by atoms with Gasteiger partial charge in [0.05, 0.1) is 11.5 Å². The van der Waals surface area contributed by atoms with Crippen LogP contribution in [0.2, 0.25) is 0 Å². The molecule has 0 spiro atoms. The first-order chi connectivity index (χ1) is 12.8. The van der Waals surface area contributed by atoms with Crippen molar-refractivity contribution in [3.05, 3.63) is 54.1 Å². The standard InChI is InChI=1S/C20H25N3O2S/c1-2-3-4-8-13-23-26-16-22-21-15-17-11-12-20(19(24)14-17)25-18-9-6-5-7-10-18/h5-7,9-12,14-15,22-24H,2-4,8,13H2,1H3/b21-15+. The predicted molar refractivity (Wildman–Crippen MR) is 109 cm³/mol. The van der Waals surface area contributed by atoms with E-state index in [2.05, 4.69) is 27.5 Å².